The summed E-state index contributed by atoms with van der Waals surface area (Å²) in [4.78, 5) is 12.0. The fourth-order valence-corrected chi connectivity index (χ4v) is 1.50. The number of aliphatic hydroxyl groups is 1. The van der Waals surface area contributed by atoms with Crippen molar-refractivity contribution in [2.75, 3.05) is 20.3 Å². The molecule has 0 atom stereocenters. The molecule has 0 heterocycles. The molecule has 0 fully saturated rings. The first-order chi connectivity index (χ1) is 8.93. The van der Waals surface area contributed by atoms with E-state index in [1.807, 2.05) is 6.92 Å². The van der Waals surface area contributed by atoms with E-state index >= 15 is 0 Å². The standard InChI is InChI=1S/C14H21NO4/c1-5-19-11-7-6-10(8-12(11)18-4)13(17)15-14(2,3)9-16/h6-8,16H,5,9H2,1-4H3,(H,15,17). The Labute approximate surface area is 113 Å². The van der Waals surface area contributed by atoms with Crippen LogP contribution >= 0.6 is 0 Å². The largest absolute Gasteiger partial charge is 0.493 e. The zero-order valence-electron chi connectivity index (χ0n) is 11.8. The number of benzene rings is 1. The number of ether oxygens (including phenoxy) is 2. The number of carbonyl (C=O) groups excluding carboxylic acids is 1. The van der Waals surface area contributed by atoms with E-state index in [-0.39, 0.29) is 12.5 Å². The zero-order chi connectivity index (χ0) is 14.5. The third-order valence-electron chi connectivity index (χ3n) is 2.57. The number of methoxy groups -OCH3 is 1. The molecule has 0 aliphatic carbocycles. The van der Waals surface area contributed by atoms with E-state index in [2.05, 4.69) is 5.32 Å². The average molecular weight is 267 g/mol. The van der Waals surface area contributed by atoms with Crippen LogP contribution < -0.4 is 14.8 Å². The summed E-state index contributed by atoms with van der Waals surface area (Å²) < 4.78 is 10.6. The summed E-state index contributed by atoms with van der Waals surface area (Å²) >= 11 is 0. The van der Waals surface area contributed by atoms with Gasteiger partial charge >= 0.3 is 0 Å². The zero-order valence-corrected chi connectivity index (χ0v) is 11.8. The highest BCUT2D eigenvalue weighted by atomic mass is 16.5. The molecule has 0 radical (unpaired) electrons. The summed E-state index contributed by atoms with van der Waals surface area (Å²) in [6, 6.07) is 4.98. The van der Waals surface area contributed by atoms with Crippen LogP contribution in [0.3, 0.4) is 0 Å². The maximum atomic E-state index is 12.0. The second kappa shape index (κ2) is 6.43. The van der Waals surface area contributed by atoms with Crippen molar-refractivity contribution in [1.82, 2.24) is 5.32 Å². The molecule has 19 heavy (non-hydrogen) atoms. The Morgan fingerprint density at radius 3 is 2.58 bits per heavy atom. The van der Waals surface area contributed by atoms with Crippen LogP contribution in [0, 0.1) is 0 Å². The van der Waals surface area contributed by atoms with Crippen molar-refractivity contribution in [3.63, 3.8) is 0 Å². The van der Waals surface area contributed by atoms with Gasteiger partial charge in [0, 0.05) is 5.56 Å². The van der Waals surface area contributed by atoms with Gasteiger partial charge in [-0.25, -0.2) is 0 Å². The molecule has 1 aromatic carbocycles. The van der Waals surface area contributed by atoms with Crippen LogP contribution in [0.25, 0.3) is 0 Å². The third-order valence-corrected chi connectivity index (χ3v) is 2.57. The molecule has 0 aliphatic rings. The molecule has 1 aromatic rings. The summed E-state index contributed by atoms with van der Waals surface area (Å²) in [6.45, 7) is 5.77. The van der Waals surface area contributed by atoms with Crippen LogP contribution in [0.1, 0.15) is 31.1 Å². The topological polar surface area (TPSA) is 67.8 Å². The highest BCUT2D eigenvalue weighted by Crippen LogP contribution is 2.28. The van der Waals surface area contributed by atoms with Crippen LogP contribution in [-0.4, -0.2) is 36.9 Å². The van der Waals surface area contributed by atoms with Crippen molar-refractivity contribution in [3.8, 4) is 11.5 Å². The Balaban J connectivity index is 2.93. The molecule has 0 aliphatic heterocycles. The van der Waals surface area contributed by atoms with Crippen LogP contribution in [0.4, 0.5) is 0 Å². The van der Waals surface area contributed by atoms with Gasteiger partial charge in [0.1, 0.15) is 0 Å². The number of hydrogen-bond acceptors (Lipinski definition) is 4. The van der Waals surface area contributed by atoms with Crippen LogP contribution in [-0.2, 0) is 0 Å². The van der Waals surface area contributed by atoms with E-state index in [1.165, 1.54) is 7.11 Å². The van der Waals surface area contributed by atoms with Gasteiger partial charge in [-0.3, -0.25) is 4.79 Å². The van der Waals surface area contributed by atoms with Gasteiger partial charge < -0.3 is 19.9 Å². The normalized spacial score (nSPS) is 11.0. The highest BCUT2D eigenvalue weighted by Gasteiger charge is 2.20. The predicted molar refractivity (Wildman–Crippen MR) is 72.8 cm³/mol. The van der Waals surface area contributed by atoms with E-state index in [0.717, 1.165) is 0 Å². The molecule has 1 amide bonds. The number of aliphatic hydroxyl groups excluding tert-OH is 1. The van der Waals surface area contributed by atoms with Crippen LogP contribution in [0.2, 0.25) is 0 Å². The van der Waals surface area contributed by atoms with Gasteiger partial charge in [-0.1, -0.05) is 0 Å². The molecule has 0 saturated heterocycles. The Morgan fingerprint density at radius 2 is 2.05 bits per heavy atom. The summed E-state index contributed by atoms with van der Waals surface area (Å²) in [6.07, 6.45) is 0. The minimum atomic E-state index is -0.664. The maximum absolute atomic E-state index is 12.0. The highest BCUT2D eigenvalue weighted by molar-refractivity contribution is 5.95. The van der Waals surface area contributed by atoms with E-state index in [1.54, 1.807) is 32.0 Å². The number of nitrogens with one attached hydrogen (secondary N) is 1. The molecule has 0 spiro atoms. The molecular weight excluding hydrogens is 246 g/mol. The fourth-order valence-electron chi connectivity index (χ4n) is 1.50. The molecule has 0 aromatic heterocycles. The molecule has 106 valence electrons. The summed E-state index contributed by atoms with van der Waals surface area (Å²) in [7, 11) is 1.52. The van der Waals surface area contributed by atoms with E-state index < -0.39 is 5.54 Å². The van der Waals surface area contributed by atoms with Gasteiger partial charge in [-0.15, -0.1) is 0 Å². The van der Waals surface area contributed by atoms with Crippen molar-refractivity contribution >= 4 is 5.91 Å². The molecule has 5 heteroatoms. The number of amides is 1. The Kier molecular flexibility index (Phi) is 5.18. The number of rotatable bonds is 6. The summed E-state index contributed by atoms with van der Waals surface area (Å²) in [5.41, 5.74) is -0.204. The minimum absolute atomic E-state index is 0.132. The lowest BCUT2D eigenvalue weighted by Gasteiger charge is -2.23. The van der Waals surface area contributed by atoms with Crippen LogP contribution in [0.5, 0.6) is 11.5 Å². The lowest BCUT2D eigenvalue weighted by Crippen LogP contribution is -2.46. The quantitative estimate of drug-likeness (QED) is 0.821. The molecule has 0 bridgehead atoms. The SMILES string of the molecule is CCOc1ccc(C(=O)NC(C)(C)CO)cc1OC. The number of hydrogen-bond donors (Lipinski definition) is 2. The average Bonchev–Trinajstić information content (AvgIpc) is 2.39. The monoisotopic (exact) mass is 267 g/mol. The Bertz CT molecular complexity index is 443. The van der Waals surface area contributed by atoms with Crippen molar-refractivity contribution in [2.45, 2.75) is 26.3 Å². The van der Waals surface area contributed by atoms with Crippen molar-refractivity contribution < 1.29 is 19.4 Å². The molecule has 0 saturated carbocycles. The van der Waals surface area contributed by atoms with Gasteiger partial charge in [0.05, 0.1) is 25.9 Å². The van der Waals surface area contributed by atoms with Gasteiger partial charge in [0.2, 0.25) is 0 Å². The second-order valence-electron chi connectivity index (χ2n) is 4.79. The second-order valence-corrected chi connectivity index (χ2v) is 4.79. The van der Waals surface area contributed by atoms with Gasteiger partial charge in [0.15, 0.2) is 11.5 Å². The number of carbonyl (C=O) groups is 1. The van der Waals surface area contributed by atoms with Crippen LogP contribution in [0.15, 0.2) is 18.2 Å². The maximum Gasteiger partial charge on any atom is 0.251 e. The first kappa shape index (κ1) is 15.3. The van der Waals surface area contributed by atoms with Gasteiger partial charge in [-0.2, -0.15) is 0 Å². The molecular formula is C14H21NO4. The minimum Gasteiger partial charge on any atom is -0.493 e. The molecule has 5 nitrogen and oxygen atoms in total. The lowest BCUT2D eigenvalue weighted by atomic mass is 10.1. The first-order valence-corrected chi connectivity index (χ1v) is 6.17. The van der Waals surface area contributed by atoms with Crippen molar-refractivity contribution in [1.29, 1.82) is 0 Å². The van der Waals surface area contributed by atoms with Gasteiger partial charge in [0.25, 0.3) is 5.91 Å². The predicted octanol–water partition coefficient (Wildman–Crippen LogP) is 1.59. The Morgan fingerprint density at radius 1 is 1.37 bits per heavy atom. The van der Waals surface area contributed by atoms with Gasteiger partial charge in [-0.05, 0) is 39.0 Å². The fraction of sp³-hybridized carbons (Fsp3) is 0.500. The van der Waals surface area contributed by atoms with E-state index in [4.69, 9.17) is 14.6 Å². The van der Waals surface area contributed by atoms with E-state index in [9.17, 15) is 4.79 Å². The Hall–Kier alpha value is -1.75. The molecule has 0 unspecified atom stereocenters. The molecule has 1 rings (SSSR count). The lowest BCUT2D eigenvalue weighted by molar-refractivity contribution is 0.0869. The van der Waals surface area contributed by atoms with Crippen molar-refractivity contribution in [2.24, 2.45) is 0 Å². The summed E-state index contributed by atoms with van der Waals surface area (Å²) in [5.74, 6) is 0.847. The van der Waals surface area contributed by atoms with Crippen molar-refractivity contribution in [3.05, 3.63) is 23.8 Å². The third kappa shape index (κ3) is 4.13. The summed E-state index contributed by atoms with van der Waals surface area (Å²) in [5, 5.41) is 11.9. The van der Waals surface area contributed by atoms with E-state index in [0.29, 0.717) is 23.7 Å². The first-order valence-electron chi connectivity index (χ1n) is 6.17. The molecule has 2 N–H and O–H groups in total. The smallest absolute Gasteiger partial charge is 0.251 e.